The van der Waals surface area contributed by atoms with E-state index in [1.165, 1.54) is 25.7 Å². The largest absolute Gasteiger partial charge is 0.370 e. The van der Waals surface area contributed by atoms with Crippen LogP contribution in [0.1, 0.15) is 31.4 Å². The lowest BCUT2D eigenvalue weighted by molar-refractivity contribution is 0.351. The van der Waals surface area contributed by atoms with Crippen molar-refractivity contribution in [3.63, 3.8) is 0 Å². The van der Waals surface area contributed by atoms with Crippen molar-refractivity contribution in [2.24, 2.45) is 0 Å². The molecule has 0 saturated heterocycles. The van der Waals surface area contributed by atoms with E-state index in [0.29, 0.717) is 17.8 Å². The summed E-state index contributed by atoms with van der Waals surface area (Å²) in [5.74, 6) is 0. The number of pyridine rings is 1. The second-order valence-electron chi connectivity index (χ2n) is 4.92. The van der Waals surface area contributed by atoms with Gasteiger partial charge < -0.3 is 10.2 Å². The highest BCUT2D eigenvalue weighted by molar-refractivity contribution is 5.46. The quantitative estimate of drug-likeness (QED) is 0.882. The van der Waals surface area contributed by atoms with Gasteiger partial charge in [0.05, 0.1) is 11.9 Å². The summed E-state index contributed by atoms with van der Waals surface area (Å²) in [5, 5.41) is 12.1. The third-order valence-corrected chi connectivity index (χ3v) is 3.92. The Morgan fingerprint density at radius 1 is 1.33 bits per heavy atom. The number of rotatable bonds is 3. The second kappa shape index (κ2) is 5.83. The predicted molar refractivity (Wildman–Crippen MR) is 72.5 cm³/mol. The zero-order valence-electron chi connectivity index (χ0n) is 11.1. The highest BCUT2D eigenvalue weighted by atomic mass is 15.1. The molecule has 1 heterocycles. The topological polar surface area (TPSA) is 52.0 Å². The third-order valence-electron chi connectivity index (χ3n) is 3.92. The van der Waals surface area contributed by atoms with Crippen LogP contribution in [0.5, 0.6) is 0 Å². The Kier molecular flexibility index (Phi) is 4.16. The van der Waals surface area contributed by atoms with Crippen LogP contribution < -0.4 is 10.2 Å². The fraction of sp³-hybridized carbons (Fsp3) is 0.571. The molecule has 2 rings (SSSR count). The van der Waals surface area contributed by atoms with Crippen LogP contribution in [-0.4, -0.2) is 31.2 Å². The minimum Gasteiger partial charge on any atom is -0.370 e. The number of nitrogens with zero attached hydrogens (tertiary/aromatic N) is 3. The molecule has 4 nitrogen and oxygen atoms in total. The van der Waals surface area contributed by atoms with Gasteiger partial charge >= 0.3 is 0 Å². The summed E-state index contributed by atoms with van der Waals surface area (Å²) < 4.78 is 0. The summed E-state index contributed by atoms with van der Waals surface area (Å²) in [5.41, 5.74) is 1.58. The second-order valence-corrected chi connectivity index (χ2v) is 4.92. The summed E-state index contributed by atoms with van der Waals surface area (Å²) in [6.07, 6.45) is 6.68. The van der Waals surface area contributed by atoms with E-state index in [-0.39, 0.29) is 0 Å². The SMILES string of the molecule is CNC1CCC(N(C)c2ccc(C#N)nc2)CC1. The van der Waals surface area contributed by atoms with E-state index in [9.17, 15) is 0 Å². The zero-order valence-corrected chi connectivity index (χ0v) is 11.1. The summed E-state index contributed by atoms with van der Waals surface area (Å²) >= 11 is 0. The molecule has 0 atom stereocenters. The fourth-order valence-electron chi connectivity index (χ4n) is 2.62. The summed E-state index contributed by atoms with van der Waals surface area (Å²) in [6.45, 7) is 0. The van der Waals surface area contributed by atoms with Crippen molar-refractivity contribution in [1.29, 1.82) is 5.26 Å². The fourth-order valence-corrected chi connectivity index (χ4v) is 2.62. The molecule has 0 aliphatic heterocycles. The normalized spacial score (nSPS) is 23.4. The molecule has 0 bridgehead atoms. The first kappa shape index (κ1) is 12.8. The first-order valence-electron chi connectivity index (χ1n) is 6.51. The van der Waals surface area contributed by atoms with E-state index in [1.54, 1.807) is 12.3 Å². The molecule has 0 amide bonds. The van der Waals surface area contributed by atoms with Crippen LogP contribution in [0.4, 0.5) is 5.69 Å². The third kappa shape index (κ3) is 2.80. The lowest BCUT2D eigenvalue weighted by Crippen LogP contribution is -2.39. The van der Waals surface area contributed by atoms with Gasteiger partial charge in [-0.25, -0.2) is 4.98 Å². The minimum absolute atomic E-state index is 0.478. The Morgan fingerprint density at radius 3 is 2.56 bits per heavy atom. The maximum Gasteiger partial charge on any atom is 0.140 e. The highest BCUT2D eigenvalue weighted by Gasteiger charge is 2.23. The Morgan fingerprint density at radius 2 is 2.06 bits per heavy atom. The van der Waals surface area contributed by atoms with Crippen molar-refractivity contribution in [3.05, 3.63) is 24.0 Å². The maximum absolute atomic E-state index is 8.74. The average Bonchev–Trinajstić information content (AvgIpc) is 2.47. The molecule has 1 N–H and O–H groups in total. The maximum atomic E-state index is 8.74. The number of nitrogens with one attached hydrogen (secondary N) is 1. The van der Waals surface area contributed by atoms with Crippen molar-refractivity contribution in [3.8, 4) is 6.07 Å². The molecule has 1 aromatic rings. The van der Waals surface area contributed by atoms with Crippen LogP contribution in [-0.2, 0) is 0 Å². The molecule has 0 aromatic carbocycles. The number of anilines is 1. The first-order valence-corrected chi connectivity index (χ1v) is 6.51. The van der Waals surface area contributed by atoms with Gasteiger partial charge in [-0.1, -0.05) is 0 Å². The molecule has 1 fully saturated rings. The van der Waals surface area contributed by atoms with Crippen LogP contribution in [0.25, 0.3) is 0 Å². The molecule has 0 unspecified atom stereocenters. The first-order chi connectivity index (χ1) is 8.74. The Balaban J connectivity index is 1.98. The summed E-state index contributed by atoms with van der Waals surface area (Å²) in [6, 6.07) is 7.07. The Hall–Kier alpha value is -1.60. The molecule has 0 radical (unpaired) electrons. The lowest BCUT2D eigenvalue weighted by Gasteiger charge is -2.35. The number of nitriles is 1. The van der Waals surface area contributed by atoms with Crippen molar-refractivity contribution in [2.45, 2.75) is 37.8 Å². The minimum atomic E-state index is 0.478. The molecular weight excluding hydrogens is 224 g/mol. The van der Waals surface area contributed by atoms with Gasteiger partial charge in [0.2, 0.25) is 0 Å². The summed E-state index contributed by atoms with van der Waals surface area (Å²) in [7, 11) is 4.16. The molecule has 1 aromatic heterocycles. The predicted octanol–water partition coefficient (Wildman–Crippen LogP) is 1.92. The lowest BCUT2D eigenvalue weighted by atomic mass is 9.90. The monoisotopic (exact) mass is 244 g/mol. The highest BCUT2D eigenvalue weighted by Crippen LogP contribution is 2.25. The number of aromatic nitrogens is 1. The zero-order chi connectivity index (χ0) is 13.0. The van der Waals surface area contributed by atoms with E-state index >= 15 is 0 Å². The molecule has 1 saturated carbocycles. The van der Waals surface area contributed by atoms with Crippen molar-refractivity contribution >= 4 is 5.69 Å². The number of hydrogen-bond donors (Lipinski definition) is 1. The van der Waals surface area contributed by atoms with Gasteiger partial charge in [0.25, 0.3) is 0 Å². The molecule has 96 valence electrons. The average molecular weight is 244 g/mol. The van der Waals surface area contributed by atoms with Crippen molar-refractivity contribution < 1.29 is 0 Å². The molecule has 1 aliphatic carbocycles. The van der Waals surface area contributed by atoms with Crippen molar-refractivity contribution in [1.82, 2.24) is 10.3 Å². The summed E-state index contributed by atoms with van der Waals surface area (Å²) in [4.78, 5) is 6.42. The van der Waals surface area contributed by atoms with Gasteiger partial charge in [0.15, 0.2) is 0 Å². The van der Waals surface area contributed by atoms with Crippen LogP contribution in [0.3, 0.4) is 0 Å². The van der Waals surface area contributed by atoms with Crippen molar-refractivity contribution in [2.75, 3.05) is 19.0 Å². The van der Waals surface area contributed by atoms with E-state index in [0.717, 1.165) is 5.69 Å². The van der Waals surface area contributed by atoms with Gasteiger partial charge in [-0.3, -0.25) is 0 Å². The molecule has 0 spiro atoms. The molecular formula is C14H20N4. The standard InChI is InChI=1S/C14H20N4/c1-16-11-3-6-13(7-4-11)18(2)14-8-5-12(9-15)17-10-14/h5,8,10-11,13,16H,3-4,6-7H2,1-2H3. The van der Waals surface area contributed by atoms with Crippen LogP contribution in [0.15, 0.2) is 18.3 Å². The van der Waals surface area contributed by atoms with Gasteiger partial charge in [0.1, 0.15) is 11.8 Å². The van der Waals surface area contributed by atoms with E-state index in [1.807, 2.05) is 19.2 Å². The molecule has 4 heteroatoms. The van der Waals surface area contributed by atoms with E-state index < -0.39 is 0 Å². The van der Waals surface area contributed by atoms with Gasteiger partial charge in [-0.2, -0.15) is 5.26 Å². The Labute approximate surface area is 109 Å². The Bertz CT molecular complexity index is 412. The molecule has 1 aliphatic rings. The van der Waals surface area contributed by atoms with Crippen LogP contribution >= 0.6 is 0 Å². The van der Waals surface area contributed by atoms with Gasteiger partial charge in [0, 0.05) is 19.1 Å². The number of hydrogen-bond acceptors (Lipinski definition) is 4. The van der Waals surface area contributed by atoms with Gasteiger partial charge in [-0.05, 0) is 44.9 Å². The van der Waals surface area contributed by atoms with Crippen LogP contribution in [0, 0.1) is 11.3 Å². The van der Waals surface area contributed by atoms with E-state index in [2.05, 4.69) is 22.2 Å². The van der Waals surface area contributed by atoms with Gasteiger partial charge in [-0.15, -0.1) is 0 Å². The van der Waals surface area contributed by atoms with E-state index in [4.69, 9.17) is 5.26 Å². The van der Waals surface area contributed by atoms with Crippen LogP contribution in [0.2, 0.25) is 0 Å². The smallest absolute Gasteiger partial charge is 0.140 e. The molecule has 18 heavy (non-hydrogen) atoms.